The molecule has 0 unspecified atom stereocenters. The largest absolute Gasteiger partial charge is 0.381 e. The molecule has 98 valence electrons. The van der Waals surface area contributed by atoms with E-state index in [0.717, 1.165) is 31.8 Å². The zero-order valence-corrected chi connectivity index (χ0v) is 11.0. The number of allylic oxidation sites excluding steroid dienone is 1. The lowest BCUT2D eigenvalue weighted by atomic mass is 9.94. The molecule has 3 heterocycles. The molecule has 1 fully saturated rings. The van der Waals surface area contributed by atoms with Gasteiger partial charge in [0.15, 0.2) is 0 Å². The highest BCUT2D eigenvalue weighted by Crippen LogP contribution is 2.30. The SMILES string of the molecule is Clc1ccnc(C#CC2=CC3(CCOCC3)ON2)c1. The predicted octanol–water partition coefficient (Wildman–Crippen LogP) is 2.05. The van der Waals surface area contributed by atoms with Crippen LogP contribution in [0.3, 0.4) is 0 Å². The topological polar surface area (TPSA) is 43.4 Å². The zero-order valence-electron chi connectivity index (χ0n) is 10.3. The summed E-state index contributed by atoms with van der Waals surface area (Å²) in [4.78, 5) is 9.77. The Morgan fingerprint density at radius 3 is 2.95 bits per heavy atom. The summed E-state index contributed by atoms with van der Waals surface area (Å²) in [6.45, 7) is 1.43. The van der Waals surface area contributed by atoms with E-state index < -0.39 is 0 Å². The third-order valence-corrected chi connectivity index (χ3v) is 3.39. The van der Waals surface area contributed by atoms with Gasteiger partial charge in [-0.05, 0) is 30.0 Å². The van der Waals surface area contributed by atoms with Crippen LogP contribution < -0.4 is 5.48 Å². The van der Waals surface area contributed by atoms with Crippen LogP contribution in [0.15, 0.2) is 30.1 Å². The fraction of sp³-hybridized carbons (Fsp3) is 0.357. The normalized spacial score (nSPS) is 20.4. The molecule has 0 amide bonds. The van der Waals surface area contributed by atoms with Crippen LogP contribution in [0.1, 0.15) is 18.5 Å². The lowest BCUT2D eigenvalue weighted by Crippen LogP contribution is -2.36. The Labute approximate surface area is 116 Å². The second-order valence-electron chi connectivity index (χ2n) is 4.55. The van der Waals surface area contributed by atoms with E-state index in [-0.39, 0.29) is 5.60 Å². The van der Waals surface area contributed by atoms with Gasteiger partial charge in [0.25, 0.3) is 0 Å². The molecule has 0 bridgehead atoms. The molecule has 1 aromatic rings. The molecule has 2 aliphatic heterocycles. The molecule has 1 saturated heterocycles. The number of hydrogen-bond acceptors (Lipinski definition) is 4. The van der Waals surface area contributed by atoms with Gasteiger partial charge < -0.3 is 4.74 Å². The van der Waals surface area contributed by atoms with Gasteiger partial charge in [-0.15, -0.1) is 0 Å². The van der Waals surface area contributed by atoms with Gasteiger partial charge in [-0.25, -0.2) is 4.98 Å². The monoisotopic (exact) mass is 276 g/mol. The highest BCUT2D eigenvalue weighted by Gasteiger charge is 2.36. The number of nitrogens with one attached hydrogen (secondary N) is 1. The van der Waals surface area contributed by atoms with Gasteiger partial charge in [-0.1, -0.05) is 11.6 Å². The van der Waals surface area contributed by atoms with E-state index in [2.05, 4.69) is 22.3 Å². The van der Waals surface area contributed by atoms with E-state index in [0.29, 0.717) is 10.7 Å². The Bertz CT molecular complexity index is 568. The Balaban J connectivity index is 1.76. The number of hydroxylamine groups is 1. The fourth-order valence-corrected chi connectivity index (χ4v) is 2.27. The fourth-order valence-electron chi connectivity index (χ4n) is 2.11. The van der Waals surface area contributed by atoms with Crippen LogP contribution in [0, 0.1) is 11.8 Å². The van der Waals surface area contributed by atoms with Crippen molar-refractivity contribution in [3.63, 3.8) is 0 Å². The van der Waals surface area contributed by atoms with Gasteiger partial charge in [0.05, 0.1) is 0 Å². The van der Waals surface area contributed by atoms with Gasteiger partial charge >= 0.3 is 0 Å². The molecule has 1 aromatic heterocycles. The predicted molar refractivity (Wildman–Crippen MR) is 71.2 cm³/mol. The van der Waals surface area contributed by atoms with Crippen LogP contribution in [-0.4, -0.2) is 23.8 Å². The first-order valence-electron chi connectivity index (χ1n) is 6.14. The molecule has 0 atom stereocenters. The third-order valence-electron chi connectivity index (χ3n) is 3.16. The minimum atomic E-state index is -0.260. The van der Waals surface area contributed by atoms with Crippen molar-refractivity contribution >= 4 is 11.6 Å². The molecule has 1 N–H and O–H groups in total. The molecule has 3 rings (SSSR count). The summed E-state index contributed by atoms with van der Waals surface area (Å²) in [7, 11) is 0. The van der Waals surface area contributed by atoms with E-state index >= 15 is 0 Å². The Kier molecular flexibility index (Phi) is 3.43. The van der Waals surface area contributed by atoms with E-state index in [9.17, 15) is 0 Å². The maximum atomic E-state index is 5.88. The van der Waals surface area contributed by atoms with Crippen LogP contribution in [0.5, 0.6) is 0 Å². The molecule has 19 heavy (non-hydrogen) atoms. The summed E-state index contributed by atoms with van der Waals surface area (Å²) in [5.74, 6) is 5.97. The first-order chi connectivity index (χ1) is 9.26. The van der Waals surface area contributed by atoms with E-state index in [1.165, 1.54) is 0 Å². The summed E-state index contributed by atoms with van der Waals surface area (Å²) in [5, 5.41) is 0.629. The van der Waals surface area contributed by atoms with Crippen LogP contribution >= 0.6 is 11.6 Å². The van der Waals surface area contributed by atoms with Crippen molar-refractivity contribution in [2.75, 3.05) is 13.2 Å². The van der Waals surface area contributed by atoms with Crippen molar-refractivity contribution < 1.29 is 9.57 Å². The molecule has 5 heteroatoms. The number of hydrogen-bond donors (Lipinski definition) is 1. The Hall–Kier alpha value is -1.54. The maximum Gasteiger partial charge on any atom is 0.121 e. The van der Waals surface area contributed by atoms with E-state index in [1.807, 2.05) is 6.08 Å². The first kappa shape index (κ1) is 12.5. The van der Waals surface area contributed by atoms with Crippen LogP contribution in [0.4, 0.5) is 0 Å². The van der Waals surface area contributed by atoms with Gasteiger partial charge in [0, 0.05) is 37.3 Å². The number of pyridine rings is 1. The highest BCUT2D eigenvalue weighted by molar-refractivity contribution is 6.30. The average Bonchev–Trinajstić information content (AvgIpc) is 2.80. The molecule has 0 aromatic carbocycles. The van der Waals surface area contributed by atoms with Crippen LogP contribution in [0.25, 0.3) is 0 Å². The van der Waals surface area contributed by atoms with E-state index in [1.54, 1.807) is 18.3 Å². The second-order valence-corrected chi connectivity index (χ2v) is 4.99. The van der Waals surface area contributed by atoms with Crippen molar-refractivity contribution in [1.82, 2.24) is 10.5 Å². The lowest BCUT2D eigenvalue weighted by Gasteiger charge is -2.29. The summed E-state index contributed by atoms with van der Waals surface area (Å²) >= 11 is 5.88. The molecule has 0 saturated carbocycles. The zero-order chi connectivity index (χ0) is 13.1. The highest BCUT2D eigenvalue weighted by atomic mass is 35.5. The van der Waals surface area contributed by atoms with Crippen molar-refractivity contribution in [3.8, 4) is 11.8 Å². The standard InChI is InChI=1S/C14H13ClN2O2/c15-11-3-6-16-12(9-11)1-2-13-10-14(19-17-13)4-7-18-8-5-14/h3,6,9-10,17H,4-5,7-8H2. The van der Waals surface area contributed by atoms with Crippen molar-refractivity contribution in [2.24, 2.45) is 0 Å². The lowest BCUT2D eigenvalue weighted by molar-refractivity contribution is -0.0981. The summed E-state index contributed by atoms with van der Waals surface area (Å²) in [6.07, 6.45) is 5.37. The number of rotatable bonds is 0. The molecular weight excluding hydrogens is 264 g/mol. The Morgan fingerprint density at radius 1 is 1.32 bits per heavy atom. The molecule has 0 radical (unpaired) electrons. The van der Waals surface area contributed by atoms with Gasteiger partial charge in [0.1, 0.15) is 17.0 Å². The number of ether oxygens (including phenoxy) is 1. The molecule has 2 aliphatic rings. The minimum Gasteiger partial charge on any atom is -0.381 e. The number of halogens is 1. The quantitative estimate of drug-likeness (QED) is 0.737. The smallest absolute Gasteiger partial charge is 0.121 e. The molecular formula is C14H13ClN2O2. The van der Waals surface area contributed by atoms with Gasteiger partial charge in [0.2, 0.25) is 0 Å². The summed E-state index contributed by atoms with van der Waals surface area (Å²) in [5.41, 5.74) is 4.02. The molecule has 1 spiro atoms. The number of aromatic nitrogens is 1. The summed E-state index contributed by atoms with van der Waals surface area (Å²) < 4.78 is 5.34. The van der Waals surface area contributed by atoms with Crippen molar-refractivity contribution in [3.05, 3.63) is 40.8 Å². The van der Waals surface area contributed by atoms with Crippen molar-refractivity contribution in [1.29, 1.82) is 0 Å². The summed E-state index contributed by atoms with van der Waals surface area (Å²) in [6, 6.07) is 3.45. The second kappa shape index (κ2) is 5.22. The minimum absolute atomic E-state index is 0.260. The molecule has 4 nitrogen and oxygen atoms in total. The van der Waals surface area contributed by atoms with Crippen LogP contribution in [0.2, 0.25) is 5.02 Å². The van der Waals surface area contributed by atoms with Crippen LogP contribution in [-0.2, 0) is 9.57 Å². The van der Waals surface area contributed by atoms with Crippen molar-refractivity contribution in [2.45, 2.75) is 18.4 Å². The Morgan fingerprint density at radius 2 is 2.16 bits per heavy atom. The molecule has 0 aliphatic carbocycles. The van der Waals surface area contributed by atoms with Gasteiger partial charge in [-0.2, -0.15) is 0 Å². The average molecular weight is 277 g/mol. The van der Waals surface area contributed by atoms with Gasteiger partial charge in [-0.3, -0.25) is 10.3 Å². The van der Waals surface area contributed by atoms with E-state index in [4.69, 9.17) is 21.2 Å². The number of nitrogens with zero attached hydrogens (tertiary/aromatic N) is 1. The first-order valence-corrected chi connectivity index (χ1v) is 6.52. The maximum absolute atomic E-state index is 5.88. The third kappa shape index (κ3) is 2.90.